The summed E-state index contributed by atoms with van der Waals surface area (Å²) in [5.74, 6) is -1.07. The summed E-state index contributed by atoms with van der Waals surface area (Å²) in [4.78, 5) is 48.7. The maximum absolute atomic E-state index is 15.5. The molecule has 5 rings (SSSR count). The maximum Gasteiger partial charge on any atom is 0.227 e. The molecule has 0 bridgehead atoms. The average Bonchev–Trinajstić information content (AvgIpc) is 3.37. The molecule has 4 aromatic rings. The van der Waals surface area contributed by atoms with Crippen LogP contribution in [0.4, 0.5) is 8.78 Å². The van der Waals surface area contributed by atoms with Gasteiger partial charge in [0.2, 0.25) is 5.91 Å². The monoisotopic (exact) mass is 587 g/mol. The number of carbonyl (C=O) groups excluding carboxylic acids is 3. The van der Waals surface area contributed by atoms with Crippen molar-refractivity contribution in [3.8, 4) is 22.3 Å². The number of aromatic nitrogens is 2. The molecular formula is C33H28ClF2N3O3. The Morgan fingerprint density at radius 1 is 0.952 bits per heavy atom. The van der Waals surface area contributed by atoms with E-state index in [1.54, 1.807) is 73.9 Å². The van der Waals surface area contributed by atoms with Crippen molar-refractivity contribution in [2.45, 2.75) is 45.3 Å². The molecule has 6 nitrogen and oxygen atoms in total. The first-order valence-electron chi connectivity index (χ1n) is 13.5. The highest BCUT2D eigenvalue weighted by atomic mass is 35.5. The molecule has 2 heterocycles. The van der Waals surface area contributed by atoms with E-state index in [-0.39, 0.29) is 42.7 Å². The number of amides is 1. The van der Waals surface area contributed by atoms with Gasteiger partial charge in [-0.05, 0) is 48.7 Å². The molecule has 1 amide bonds. The van der Waals surface area contributed by atoms with Crippen LogP contribution in [0.15, 0.2) is 73.1 Å². The lowest BCUT2D eigenvalue weighted by Crippen LogP contribution is -2.42. The molecule has 1 fully saturated rings. The van der Waals surface area contributed by atoms with E-state index in [0.717, 1.165) is 0 Å². The van der Waals surface area contributed by atoms with Gasteiger partial charge < -0.3 is 4.90 Å². The second-order valence-corrected chi connectivity index (χ2v) is 10.9. The molecule has 3 aromatic carbocycles. The zero-order chi connectivity index (χ0) is 30.0. The van der Waals surface area contributed by atoms with Crippen molar-refractivity contribution < 1.29 is 23.2 Å². The summed E-state index contributed by atoms with van der Waals surface area (Å²) < 4.78 is 30.1. The van der Waals surface area contributed by atoms with Gasteiger partial charge in [-0.3, -0.25) is 14.4 Å². The van der Waals surface area contributed by atoms with Crippen molar-refractivity contribution in [2.75, 3.05) is 6.54 Å². The number of hydrogen-bond acceptors (Lipinski definition) is 5. The predicted molar refractivity (Wildman–Crippen MR) is 156 cm³/mol. The van der Waals surface area contributed by atoms with Crippen LogP contribution in [-0.4, -0.2) is 51.1 Å². The summed E-state index contributed by atoms with van der Waals surface area (Å²) in [5.41, 5.74) is 3.18. The summed E-state index contributed by atoms with van der Waals surface area (Å²) in [6.45, 7) is 2.96. The fraction of sp³-hybridized carbons (Fsp3) is 0.242. The first-order chi connectivity index (χ1) is 20.1. The molecule has 0 unspecified atom stereocenters. The van der Waals surface area contributed by atoms with Crippen molar-refractivity contribution in [1.29, 1.82) is 0 Å². The van der Waals surface area contributed by atoms with Gasteiger partial charge in [0, 0.05) is 52.5 Å². The van der Waals surface area contributed by atoms with Gasteiger partial charge in [-0.25, -0.2) is 18.7 Å². The number of alkyl halides is 1. The van der Waals surface area contributed by atoms with Crippen LogP contribution in [0, 0.1) is 12.7 Å². The van der Waals surface area contributed by atoms with Crippen LogP contribution in [-0.2, 0) is 22.4 Å². The normalized spacial score (nSPS) is 16.5. The average molecular weight is 588 g/mol. The minimum atomic E-state index is -1.38. The molecule has 0 spiro atoms. The van der Waals surface area contributed by atoms with Crippen LogP contribution in [0.1, 0.15) is 40.7 Å². The van der Waals surface area contributed by atoms with Crippen molar-refractivity contribution in [3.05, 3.63) is 106 Å². The van der Waals surface area contributed by atoms with Crippen LogP contribution in [0.25, 0.3) is 22.3 Å². The molecule has 42 heavy (non-hydrogen) atoms. The number of ketones is 2. The molecule has 1 aliphatic rings. The third-order valence-electron chi connectivity index (χ3n) is 7.42. The Hall–Kier alpha value is -4.30. The molecule has 1 aromatic heterocycles. The molecule has 0 radical (unpaired) electrons. The number of Topliss-reactive ketones (excluding diaryl/α,β-unsaturated/α-hetero) is 2. The quantitative estimate of drug-likeness (QED) is 0.223. The Labute approximate surface area is 247 Å². The van der Waals surface area contributed by atoms with E-state index in [1.165, 1.54) is 17.9 Å². The Kier molecular flexibility index (Phi) is 8.54. The Morgan fingerprint density at radius 3 is 2.38 bits per heavy atom. The molecule has 2 atom stereocenters. The zero-order valence-electron chi connectivity index (χ0n) is 23.1. The van der Waals surface area contributed by atoms with E-state index >= 15 is 4.39 Å². The van der Waals surface area contributed by atoms with E-state index in [9.17, 15) is 18.8 Å². The Morgan fingerprint density at radius 2 is 1.67 bits per heavy atom. The van der Waals surface area contributed by atoms with Gasteiger partial charge in [-0.1, -0.05) is 54.1 Å². The lowest BCUT2D eigenvalue weighted by atomic mass is 9.96. The van der Waals surface area contributed by atoms with Gasteiger partial charge in [-0.15, -0.1) is 0 Å². The summed E-state index contributed by atoms with van der Waals surface area (Å²) in [6.07, 6.45) is 1.28. The van der Waals surface area contributed by atoms with Crippen molar-refractivity contribution in [2.24, 2.45) is 0 Å². The number of carbonyl (C=O) groups is 3. The van der Waals surface area contributed by atoms with E-state index in [1.807, 2.05) is 0 Å². The van der Waals surface area contributed by atoms with Gasteiger partial charge in [-0.2, -0.15) is 0 Å². The van der Waals surface area contributed by atoms with Crippen LogP contribution in [0.2, 0.25) is 5.02 Å². The third-order valence-corrected chi connectivity index (χ3v) is 7.75. The number of halogens is 3. The zero-order valence-corrected chi connectivity index (χ0v) is 23.9. The first-order valence-corrected chi connectivity index (χ1v) is 13.9. The molecule has 9 heteroatoms. The lowest BCUT2D eigenvalue weighted by Gasteiger charge is -2.24. The smallest absolute Gasteiger partial charge is 0.227 e. The summed E-state index contributed by atoms with van der Waals surface area (Å²) >= 11 is 6.26. The van der Waals surface area contributed by atoms with Crippen LogP contribution in [0.5, 0.6) is 0 Å². The van der Waals surface area contributed by atoms with Crippen molar-refractivity contribution >= 4 is 29.1 Å². The number of hydrogen-bond donors (Lipinski definition) is 0. The van der Waals surface area contributed by atoms with Gasteiger partial charge >= 0.3 is 0 Å². The van der Waals surface area contributed by atoms with Crippen molar-refractivity contribution in [3.63, 3.8) is 0 Å². The Bertz CT molecular complexity index is 1680. The number of rotatable bonds is 8. The molecule has 1 saturated heterocycles. The first kappa shape index (κ1) is 29.2. The number of likely N-dealkylation sites (tertiary alicyclic amines) is 1. The third kappa shape index (κ3) is 6.29. The largest absolute Gasteiger partial charge is 0.329 e. The SMILES string of the molecule is CC(=O)c1cc(CC(=O)N2C[C@H](F)C[C@H]2C(=O)Cc2cccc(-c3ccccc3Cl)c2F)cc(-c2cnc(C)nc2)c1. The van der Waals surface area contributed by atoms with Gasteiger partial charge in [0.1, 0.15) is 17.8 Å². The highest BCUT2D eigenvalue weighted by Gasteiger charge is 2.39. The van der Waals surface area contributed by atoms with E-state index in [0.29, 0.717) is 38.7 Å². The number of aryl methyl sites for hydroxylation is 1. The number of benzene rings is 3. The second-order valence-electron chi connectivity index (χ2n) is 10.5. The van der Waals surface area contributed by atoms with Gasteiger partial charge in [0.15, 0.2) is 11.6 Å². The molecule has 0 N–H and O–H groups in total. The van der Waals surface area contributed by atoms with Crippen LogP contribution < -0.4 is 0 Å². The topological polar surface area (TPSA) is 80.2 Å². The van der Waals surface area contributed by atoms with Crippen molar-refractivity contribution in [1.82, 2.24) is 14.9 Å². The standard InChI is InChI=1S/C33H28ClF2N3O3/c1-19(40)23-10-21(11-24(13-23)25-16-37-20(2)38-17-25)12-32(42)39-18-26(35)15-30(39)31(41)14-22-6-5-8-28(33(22)36)27-7-3-4-9-29(27)34/h3-11,13,16-17,26,30H,12,14-15,18H2,1-2H3/t26-,30+/m1/s1. The lowest BCUT2D eigenvalue weighted by molar-refractivity contribution is -0.136. The number of nitrogens with zero attached hydrogens (tertiary/aromatic N) is 3. The van der Waals surface area contributed by atoms with Crippen LogP contribution in [0.3, 0.4) is 0 Å². The van der Waals surface area contributed by atoms with Crippen LogP contribution >= 0.6 is 11.6 Å². The molecule has 0 saturated carbocycles. The molecular weight excluding hydrogens is 560 g/mol. The van der Waals surface area contributed by atoms with E-state index in [4.69, 9.17) is 11.6 Å². The van der Waals surface area contributed by atoms with Gasteiger partial charge in [0.25, 0.3) is 0 Å². The highest BCUT2D eigenvalue weighted by molar-refractivity contribution is 6.33. The second kappa shape index (κ2) is 12.3. The molecule has 0 aliphatic carbocycles. The maximum atomic E-state index is 15.5. The molecule has 1 aliphatic heterocycles. The molecule has 214 valence electrons. The fourth-order valence-corrected chi connectivity index (χ4v) is 5.49. The van der Waals surface area contributed by atoms with Gasteiger partial charge in [0.05, 0.1) is 19.0 Å². The fourth-order valence-electron chi connectivity index (χ4n) is 5.26. The summed E-state index contributed by atoms with van der Waals surface area (Å²) in [6, 6.07) is 15.6. The van der Waals surface area contributed by atoms with E-state index < -0.39 is 29.7 Å². The predicted octanol–water partition coefficient (Wildman–Crippen LogP) is 6.41. The Balaban J connectivity index is 1.37. The highest BCUT2D eigenvalue weighted by Crippen LogP contribution is 2.32. The summed E-state index contributed by atoms with van der Waals surface area (Å²) in [5, 5.41) is 0.375. The minimum Gasteiger partial charge on any atom is -0.329 e. The minimum absolute atomic E-state index is 0.145. The van der Waals surface area contributed by atoms with E-state index in [2.05, 4.69) is 9.97 Å². The summed E-state index contributed by atoms with van der Waals surface area (Å²) in [7, 11) is 0.